The molecule has 2 rings (SSSR count). The van der Waals surface area contributed by atoms with Gasteiger partial charge in [-0.05, 0) is 31.5 Å². The molecule has 0 saturated heterocycles. The Hall–Kier alpha value is -1.48. The van der Waals surface area contributed by atoms with Crippen LogP contribution in [0.2, 0.25) is 5.02 Å². The Morgan fingerprint density at radius 1 is 1.40 bits per heavy atom. The molecule has 0 aliphatic rings. The Labute approximate surface area is 91.7 Å². The number of carboxylic acids is 1. The molecule has 1 heterocycles. The monoisotopic (exact) mass is 223 g/mol. The quantitative estimate of drug-likeness (QED) is 0.780. The summed E-state index contributed by atoms with van der Waals surface area (Å²) in [6.07, 6.45) is 0. The number of carboxylic acid groups (broad SMARTS) is 1. The van der Waals surface area contributed by atoms with E-state index >= 15 is 0 Å². The summed E-state index contributed by atoms with van der Waals surface area (Å²) < 4.78 is 0. The van der Waals surface area contributed by atoms with E-state index in [-0.39, 0.29) is 0 Å². The van der Waals surface area contributed by atoms with Crippen molar-refractivity contribution in [3.05, 3.63) is 34.0 Å². The zero-order chi connectivity index (χ0) is 11.2. The van der Waals surface area contributed by atoms with E-state index in [9.17, 15) is 4.79 Å². The molecule has 1 aromatic heterocycles. The highest BCUT2D eigenvalue weighted by molar-refractivity contribution is 6.32. The van der Waals surface area contributed by atoms with Gasteiger partial charge in [-0.25, -0.2) is 4.79 Å². The van der Waals surface area contributed by atoms with Crippen molar-refractivity contribution in [3.8, 4) is 0 Å². The van der Waals surface area contributed by atoms with Crippen LogP contribution >= 0.6 is 11.6 Å². The first kappa shape index (κ1) is 10.1. The normalized spacial score (nSPS) is 10.9. The van der Waals surface area contributed by atoms with Crippen molar-refractivity contribution in [3.63, 3.8) is 0 Å². The second-order valence-electron chi connectivity index (χ2n) is 3.58. The Morgan fingerprint density at radius 2 is 2.07 bits per heavy atom. The van der Waals surface area contributed by atoms with E-state index in [1.807, 2.05) is 13.0 Å². The third-order valence-electron chi connectivity index (χ3n) is 2.48. The number of rotatable bonds is 1. The average molecular weight is 224 g/mol. The standard InChI is InChI=1S/C11H10ClNO2/c1-5-3-9-7(4-8(5)12)10(11(14)15)6(2)13-9/h3-4,13H,1-2H3,(H,14,15). The molecule has 0 fully saturated rings. The van der Waals surface area contributed by atoms with E-state index in [2.05, 4.69) is 4.98 Å². The van der Waals surface area contributed by atoms with Crippen LogP contribution < -0.4 is 0 Å². The lowest BCUT2D eigenvalue weighted by molar-refractivity contribution is 0.0698. The van der Waals surface area contributed by atoms with Gasteiger partial charge in [0.25, 0.3) is 0 Å². The summed E-state index contributed by atoms with van der Waals surface area (Å²) in [5.74, 6) is -0.932. The molecular formula is C11H10ClNO2. The van der Waals surface area contributed by atoms with E-state index in [1.54, 1.807) is 13.0 Å². The van der Waals surface area contributed by atoms with Crippen LogP contribution in [0, 0.1) is 13.8 Å². The lowest BCUT2D eigenvalue weighted by Gasteiger charge is -1.98. The molecule has 4 heteroatoms. The molecule has 0 aliphatic carbocycles. The van der Waals surface area contributed by atoms with Crippen molar-refractivity contribution in [2.75, 3.05) is 0 Å². The van der Waals surface area contributed by atoms with E-state index in [4.69, 9.17) is 16.7 Å². The zero-order valence-corrected chi connectivity index (χ0v) is 9.14. The van der Waals surface area contributed by atoms with Crippen LogP contribution in [0.4, 0.5) is 0 Å². The third-order valence-corrected chi connectivity index (χ3v) is 2.89. The Morgan fingerprint density at radius 3 is 2.67 bits per heavy atom. The summed E-state index contributed by atoms with van der Waals surface area (Å²) in [7, 11) is 0. The molecule has 78 valence electrons. The van der Waals surface area contributed by atoms with Gasteiger partial charge in [-0.3, -0.25) is 0 Å². The number of aromatic carboxylic acids is 1. The van der Waals surface area contributed by atoms with Crippen LogP contribution in [-0.2, 0) is 0 Å². The van der Waals surface area contributed by atoms with Gasteiger partial charge in [0.2, 0.25) is 0 Å². The zero-order valence-electron chi connectivity index (χ0n) is 8.39. The number of aryl methyl sites for hydroxylation is 2. The van der Waals surface area contributed by atoms with Crippen LogP contribution in [0.5, 0.6) is 0 Å². The van der Waals surface area contributed by atoms with Gasteiger partial charge in [0.1, 0.15) is 0 Å². The first-order chi connectivity index (χ1) is 7.00. The largest absolute Gasteiger partial charge is 0.478 e. The second kappa shape index (κ2) is 3.28. The number of fused-ring (bicyclic) bond motifs is 1. The Kier molecular flexibility index (Phi) is 2.20. The van der Waals surface area contributed by atoms with Crippen molar-refractivity contribution < 1.29 is 9.90 Å². The molecule has 0 spiro atoms. The number of nitrogens with one attached hydrogen (secondary N) is 1. The minimum absolute atomic E-state index is 0.298. The lowest BCUT2D eigenvalue weighted by atomic mass is 10.1. The third kappa shape index (κ3) is 1.49. The highest BCUT2D eigenvalue weighted by Gasteiger charge is 2.15. The first-order valence-electron chi connectivity index (χ1n) is 4.52. The van der Waals surface area contributed by atoms with Gasteiger partial charge in [0, 0.05) is 21.6 Å². The van der Waals surface area contributed by atoms with Crippen molar-refractivity contribution in [2.45, 2.75) is 13.8 Å². The molecule has 0 radical (unpaired) electrons. The average Bonchev–Trinajstić information content (AvgIpc) is 2.41. The maximum atomic E-state index is 11.0. The van der Waals surface area contributed by atoms with Gasteiger partial charge in [-0.1, -0.05) is 11.6 Å². The fourth-order valence-electron chi connectivity index (χ4n) is 1.73. The first-order valence-corrected chi connectivity index (χ1v) is 4.90. The number of H-pyrrole nitrogens is 1. The second-order valence-corrected chi connectivity index (χ2v) is 3.98. The number of hydrogen-bond donors (Lipinski definition) is 2. The van der Waals surface area contributed by atoms with Gasteiger partial charge in [0.05, 0.1) is 5.56 Å². The minimum Gasteiger partial charge on any atom is -0.478 e. The van der Waals surface area contributed by atoms with E-state index < -0.39 is 5.97 Å². The molecule has 0 saturated carbocycles. The molecule has 1 aromatic carbocycles. The van der Waals surface area contributed by atoms with Crippen molar-refractivity contribution in [1.82, 2.24) is 4.98 Å². The SMILES string of the molecule is Cc1cc2[nH]c(C)c(C(=O)O)c2cc1Cl. The van der Waals surface area contributed by atoms with Crippen LogP contribution in [0.1, 0.15) is 21.6 Å². The van der Waals surface area contributed by atoms with Gasteiger partial charge >= 0.3 is 5.97 Å². The molecule has 3 nitrogen and oxygen atoms in total. The molecule has 0 bridgehead atoms. The predicted molar refractivity (Wildman–Crippen MR) is 59.7 cm³/mol. The van der Waals surface area contributed by atoms with Crippen molar-refractivity contribution >= 4 is 28.5 Å². The number of benzene rings is 1. The molecular weight excluding hydrogens is 214 g/mol. The number of aromatic nitrogens is 1. The van der Waals surface area contributed by atoms with E-state index in [0.29, 0.717) is 21.7 Å². The highest BCUT2D eigenvalue weighted by atomic mass is 35.5. The van der Waals surface area contributed by atoms with E-state index in [0.717, 1.165) is 11.1 Å². The smallest absolute Gasteiger partial charge is 0.338 e. The number of hydrogen-bond acceptors (Lipinski definition) is 1. The molecule has 0 unspecified atom stereocenters. The number of carbonyl (C=O) groups is 1. The summed E-state index contributed by atoms with van der Waals surface area (Å²) >= 11 is 5.97. The fourth-order valence-corrected chi connectivity index (χ4v) is 1.90. The number of halogens is 1. The van der Waals surface area contributed by atoms with E-state index in [1.165, 1.54) is 0 Å². The van der Waals surface area contributed by atoms with Crippen molar-refractivity contribution in [2.24, 2.45) is 0 Å². The molecule has 0 amide bonds. The van der Waals surface area contributed by atoms with Gasteiger partial charge in [-0.2, -0.15) is 0 Å². The summed E-state index contributed by atoms with van der Waals surface area (Å²) in [5.41, 5.74) is 2.69. The molecule has 0 aliphatic heterocycles. The fraction of sp³-hybridized carbons (Fsp3) is 0.182. The summed E-state index contributed by atoms with van der Waals surface area (Å²) in [5, 5.41) is 10.3. The topological polar surface area (TPSA) is 53.1 Å². The summed E-state index contributed by atoms with van der Waals surface area (Å²) in [6.45, 7) is 3.63. The van der Waals surface area contributed by atoms with Crippen LogP contribution in [0.25, 0.3) is 10.9 Å². The summed E-state index contributed by atoms with van der Waals surface area (Å²) in [4.78, 5) is 14.1. The molecule has 2 aromatic rings. The Bertz CT molecular complexity index is 557. The van der Waals surface area contributed by atoms with Crippen LogP contribution in [-0.4, -0.2) is 16.1 Å². The Balaban J connectivity index is 2.87. The van der Waals surface area contributed by atoms with Crippen molar-refractivity contribution in [1.29, 1.82) is 0 Å². The maximum Gasteiger partial charge on any atom is 0.338 e. The molecule has 2 N–H and O–H groups in total. The maximum absolute atomic E-state index is 11.0. The minimum atomic E-state index is -0.932. The number of aromatic amines is 1. The van der Waals surface area contributed by atoms with Crippen LogP contribution in [0.3, 0.4) is 0 Å². The molecule has 0 atom stereocenters. The van der Waals surface area contributed by atoms with Gasteiger partial charge in [0.15, 0.2) is 0 Å². The summed E-state index contributed by atoms with van der Waals surface area (Å²) in [6, 6.07) is 3.55. The van der Waals surface area contributed by atoms with Gasteiger partial charge in [-0.15, -0.1) is 0 Å². The molecule has 15 heavy (non-hydrogen) atoms. The predicted octanol–water partition coefficient (Wildman–Crippen LogP) is 3.14. The highest BCUT2D eigenvalue weighted by Crippen LogP contribution is 2.27. The lowest BCUT2D eigenvalue weighted by Crippen LogP contribution is -1.96. The van der Waals surface area contributed by atoms with Crippen LogP contribution in [0.15, 0.2) is 12.1 Å². The van der Waals surface area contributed by atoms with Gasteiger partial charge < -0.3 is 10.1 Å².